The highest BCUT2D eigenvalue weighted by molar-refractivity contribution is 6.30. The van der Waals surface area contributed by atoms with Crippen molar-refractivity contribution in [2.75, 3.05) is 16.8 Å². The van der Waals surface area contributed by atoms with E-state index in [0.29, 0.717) is 10.6 Å². The second-order valence-electron chi connectivity index (χ2n) is 6.46. The number of carbonyl (C=O) groups excluding carboxylic acids is 1. The molecule has 0 bridgehead atoms. The normalized spacial score (nSPS) is 12.7. The number of amides is 1. The van der Waals surface area contributed by atoms with Crippen LogP contribution in [0.2, 0.25) is 5.02 Å². The molecule has 0 radical (unpaired) electrons. The fourth-order valence-electron chi connectivity index (χ4n) is 3.29. The molecular formula is C22H19ClN2O. The molecule has 0 fully saturated rings. The van der Waals surface area contributed by atoms with Crippen LogP contribution in [0.5, 0.6) is 0 Å². The maximum Gasteiger partial charge on any atom is 0.255 e. The van der Waals surface area contributed by atoms with E-state index in [2.05, 4.69) is 34.5 Å². The fraction of sp³-hybridized carbons (Fsp3) is 0.136. The van der Waals surface area contributed by atoms with Crippen LogP contribution in [0, 0.1) is 0 Å². The monoisotopic (exact) mass is 362 g/mol. The highest BCUT2D eigenvalue weighted by Gasteiger charge is 2.18. The third-order valence-corrected chi connectivity index (χ3v) is 4.93. The van der Waals surface area contributed by atoms with Gasteiger partial charge < -0.3 is 10.2 Å². The van der Waals surface area contributed by atoms with Crippen LogP contribution in [0.25, 0.3) is 0 Å². The van der Waals surface area contributed by atoms with E-state index in [4.69, 9.17) is 11.6 Å². The number of fused-ring (bicyclic) bond motifs is 1. The number of halogens is 1. The molecule has 26 heavy (non-hydrogen) atoms. The van der Waals surface area contributed by atoms with Gasteiger partial charge in [0.25, 0.3) is 5.91 Å². The molecule has 0 spiro atoms. The van der Waals surface area contributed by atoms with Gasteiger partial charge >= 0.3 is 0 Å². The molecule has 1 N–H and O–H groups in total. The van der Waals surface area contributed by atoms with Crippen molar-refractivity contribution in [1.82, 2.24) is 0 Å². The van der Waals surface area contributed by atoms with Crippen molar-refractivity contribution in [3.8, 4) is 0 Å². The summed E-state index contributed by atoms with van der Waals surface area (Å²) in [7, 11) is 0. The summed E-state index contributed by atoms with van der Waals surface area (Å²) in [4.78, 5) is 14.8. The molecule has 0 aliphatic carbocycles. The number of carbonyl (C=O) groups is 1. The van der Waals surface area contributed by atoms with Crippen molar-refractivity contribution in [3.05, 3.63) is 94.5 Å². The Morgan fingerprint density at radius 2 is 1.69 bits per heavy atom. The van der Waals surface area contributed by atoms with Gasteiger partial charge in [-0.1, -0.05) is 41.9 Å². The number of para-hydroxylation sites is 1. The van der Waals surface area contributed by atoms with Gasteiger partial charge in [0, 0.05) is 35.1 Å². The van der Waals surface area contributed by atoms with Crippen LogP contribution in [0.15, 0.2) is 72.8 Å². The van der Waals surface area contributed by atoms with E-state index in [-0.39, 0.29) is 5.91 Å². The average Bonchev–Trinajstić information content (AvgIpc) is 3.07. The molecular weight excluding hydrogens is 344 g/mol. The summed E-state index contributed by atoms with van der Waals surface area (Å²) >= 11 is 5.87. The first-order valence-electron chi connectivity index (χ1n) is 8.68. The molecule has 4 rings (SSSR count). The zero-order chi connectivity index (χ0) is 17.9. The Morgan fingerprint density at radius 1 is 0.962 bits per heavy atom. The first kappa shape index (κ1) is 16.7. The fourth-order valence-corrected chi connectivity index (χ4v) is 3.42. The predicted molar refractivity (Wildman–Crippen MR) is 107 cm³/mol. The molecule has 0 aromatic heterocycles. The lowest BCUT2D eigenvalue weighted by molar-refractivity contribution is 0.102. The van der Waals surface area contributed by atoms with Crippen LogP contribution in [0.4, 0.5) is 11.4 Å². The maximum atomic E-state index is 12.4. The number of hydrogen-bond donors (Lipinski definition) is 1. The molecule has 0 saturated carbocycles. The second kappa shape index (κ2) is 7.22. The first-order chi connectivity index (χ1) is 12.7. The van der Waals surface area contributed by atoms with Crippen LogP contribution >= 0.6 is 11.6 Å². The summed E-state index contributed by atoms with van der Waals surface area (Å²) < 4.78 is 0. The van der Waals surface area contributed by atoms with Gasteiger partial charge in [0.1, 0.15) is 0 Å². The lowest BCUT2D eigenvalue weighted by Crippen LogP contribution is -2.19. The van der Waals surface area contributed by atoms with E-state index in [1.807, 2.05) is 24.3 Å². The number of rotatable bonds is 4. The van der Waals surface area contributed by atoms with Gasteiger partial charge in [0.05, 0.1) is 0 Å². The maximum absolute atomic E-state index is 12.4. The number of nitrogens with one attached hydrogen (secondary N) is 1. The van der Waals surface area contributed by atoms with E-state index in [9.17, 15) is 4.79 Å². The lowest BCUT2D eigenvalue weighted by Gasteiger charge is -2.19. The molecule has 1 heterocycles. The van der Waals surface area contributed by atoms with Gasteiger partial charge in [-0.2, -0.15) is 0 Å². The van der Waals surface area contributed by atoms with Crippen molar-refractivity contribution in [3.63, 3.8) is 0 Å². The summed E-state index contributed by atoms with van der Waals surface area (Å²) in [5.74, 6) is -0.120. The van der Waals surface area contributed by atoms with Crippen LogP contribution in [-0.4, -0.2) is 12.5 Å². The summed E-state index contributed by atoms with van der Waals surface area (Å²) in [5.41, 5.74) is 5.30. The Labute approximate surface area is 158 Å². The Balaban J connectivity index is 1.42. The number of benzene rings is 3. The van der Waals surface area contributed by atoms with E-state index in [1.165, 1.54) is 16.8 Å². The Hall–Kier alpha value is -2.78. The summed E-state index contributed by atoms with van der Waals surface area (Å²) in [6.07, 6.45) is 1.09. The molecule has 4 heteroatoms. The molecule has 3 aromatic rings. The number of hydrogen-bond acceptors (Lipinski definition) is 2. The molecule has 3 aromatic carbocycles. The standard InChI is InChI=1S/C22H19ClN2O/c23-19-9-11-20(12-10-19)24-22(26)18-7-5-16(6-8-18)15-25-14-13-17-3-1-2-4-21(17)25/h1-12H,13-15H2,(H,24,26). The molecule has 1 aliphatic heterocycles. The number of anilines is 2. The molecule has 130 valence electrons. The van der Waals surface area contributed by atoms with E-state index >= 15 is 0 Å². The van der Waals surface area contributed by atoms with Gasteiger partial charge in [-0.15, -0.1) is 0 Å². The van der Waals surface area contributed by atoms with E-state index < -0.39 is 0 Å². The SMILES string of the molecule is O=C(Nc1ccc(Cl)cc1)c1ccc(CN2CCc3ccccc32)cc1. The van der Waals surface area contributed by atoms with Crippen molar-refractivity contribution >= 4 is 28.9 Å². The minimum Gasteiger partial charge on any atom is -0.367 e. The Morgan fingerprint density at radius 3 is 2.46 bits per heavy atom. The topological polar surface area (TPSA) is 32.3 Å². The summed E-state index contributed by atoms with van der Waals surface area (Å²) in [6.45, 7) is 1.90. The van der Waals surface area contributed by atoms with Crippen LogP contribution < -0.4 is 10.2 Å². The average molecular weight is 363 g/mol. The van der Waals surface area contributed by atoms with Gasteiger partial charge in [-0.05, 0) is 60.0 Å². The third-order valence-electron chi connectivity index (χ3n) is 4.68. The lowest BCUT2D eigenvalue weighted by atomic mass is 10.1. The first-order valence-corrected chi connectivity index (χ1v) is 9.05. The highest BCUT2D eigenvalue weighted by Crippen LogP contribution is 2.28. The van der Waals surface area contributed by atoms with Gasteiger partial charge in [-0.3, -0.25) is 4.79 Å². The second-order valence-corrected chi connectivity index (χ2v) is 6.89. The highest BCUT2D eigenvalue weighted by atomic mass is 35.5. The Kier molecular flexibility index (Phi) is 4.63. The molecule has 1 amide bonds. The minimum absolute atomic E-state index is 0.120. The zero-order valence-corrected chi connectivity index (χ0v) is 15.0. The summed E-state index contributed by atoms with van der Waals surface area (Å²) in [6, 6.07) is 23.5. The zero-order valence-electron chi connectivity index (χ0n) is 14.3. The molecule has 3 nitrogen and oxygen atoms in total. The van der Waals surface area contributed by atoms with Crippen LogP contribution in [-0.2, 0) is 13.0 Å². The predicted octanol–water partition coefficient (Wildman–Crippen LogP) is 5.16. The largest absolute Gasteiger partial charge is 0.367 e. The van der Waals surface area contributed by atoms with Crippen molar-refractivity contribution < 1.29 is 4.79 Å². The third kappa shape index (κ3) is 3.58. The van der Waals surface area contributed by atoms with Crippen LogP contribution in [0.3, 0.4) is 0 Å². The van der Waals surface area contributed by atoms with Crippen molar-refractivity contribution in [2.45, 2.75) is 13.0 Å². The molecule has 0 atom stereocenters. The van der Waals surface area contributed by atoms with Gasteiger partial charge in [0.15, 0.2) is 0 Å². The van der Waals surface area contributed by atoms with Crippen molar-refractivity contribution in [2.24, 2.45) is 0 Å². The molecule has 0 unspecified atom stereocenters. The number of nitrogens with zero attached hydrogens (tertiary/aromatic N) is 1. The van der Waals surface area contributed by atoms with Crippen LogP contribution in [0.1, 0.15) is 21.5 Å². The molecule has 0 saturated heterocycles. The Bertz CT molecular complexity index is 920. The van der Waals surface area contributed by atoms with Gasteiger partial charge in [0.2, 0.25) is 0 Å². The van der Waals surface area contributed by atoms with E-state index in [1.54, 1.807) is 24.3 Å². The molecule has 1 aliphatic rings. The minimum atomic E-state index is -0.120. The van der Waals surface area contributed by atoms with Gasteiger partial charge in [-0.25, -0.2) is 0 Å². The summed E-state index contributed by atoms with van der Waals surface area (Å²) in [5, 5.41) is 3.53. The van der Waals surface area contributed by atoms with E-state index in [0.717, 1.165) is 25.2 Å². The quantitative estimate of drug-likeness (QED) is 0.695. The van der Waals surface area contributed by atoms with Crippen molar-refractivity contribution in [1.29, 1.82) is 0 Å². The smallest absolute Gasteiger partial charge is 0.255 e.